The second-order valence-electron chi connectivity index (χ2n) is 4.07. The van der Waals surface area contributed by atoms with E-state index in [1.165, 1.54) is 17.9 Å². The summed E-state index contributed by atoms with van der Waals surface area (Å²) >= 11 is 3.93. The molecule has 1 unspecified atom stereocenters. The maximum Gasteiger partial charge on any atom is 0.243 e. The van der Waals surface area contributed by atoms with E-state index in [0.717, 1.165) is 30.4 Å². The standard InChI is InChI=1S/C10H15N3OS2/c1-2-7(11-3-1)10-12-9(13-14-10)8-6-15-4-5-16-8/h7-8,11H,1-6H2/t7-,8?/m1/s1. The zero-order valence-electron chi connectivity index (χ0n) is 9.02. The fourth-order valence-corrected chi connectivity index (χ4v) is 4.64. The molecule has 16 heavy (non-hydrogen) atoms. The summed E-state index contributed by atoms with van der Waals surface area (Å²) in [5.41, 5.74) is 0. The van der Waals surface area contributed by atoms with E-state index < -0.39 is 0 Å². The third-order valence-electron chi connectivity index (χ3n) is 2.92. The van der Waals surface area contributed by atoms with Crippen LogP contribution in [-0.4, -0.2) is 33.9 Å². The molecule has 0 saturated carbocycles. The Morgan fingerprint density at radius 3 is 3.12 bits per heavy atom. The molecule has 0 bridgehead atoms. The number of rotatable bonds is 2. The lowest BCUT2D eigenvalue weighted by atomic mass is 10.2. The molecule has 0 spiro atoms. The van der Waals surface area contributed by atoms with Crippen LogP contribution in [0.2, 0.25) is 0 Å². The molecule has 88 valence electrons. The zero-order chi connectivity index (χ0) is 10.8. The maximum absolute atomic E-state index is 5.36. The van der Waals surface area contributed by atoms with Crippen LogP contribution in [-0.2, 0) is 0 Å². The Kier molecular flexibility index (Phi) is 3.40. The number of hydrogen-bond donors (Lipinski definition) is 1. The molecule has 0 amide bonds. The first-order valence-electron chi connectivity index (χ1n) is 5.70. The number of nitrogens with one attached hydrogen (secondary N) is 1. The first-order chi connectivity index (χ1) is 7.93. The van der Waals surface area contributed by atoms with E-state index in [0.29, 0.717) is 11.3 Å². The molecule has 2 atom stereocenters. The van der Waals surface area contributed by atoms with E-state index in [9.17, 15) is 0 Å². The SMILES string of the molecule is C1CN[C@@H](c2nc(C3CSCCS3)no2)C1. The summed E-state index contributed by atoms with van der Waals surface area (Å²) in [6.45, 7) is 1.07. The van der Waals surface area contributed by atoms with Crippen molar-refractivity contribution >= 4 is 23.5 Å². The Morgan fingerprint density at radius 1 is 1.38 bits per heavy atom. The summed E-state index contributed by atoms with van der Waals surface area (Å²) in [7, 11) is 0. The minimum atomic E-state index is 0.294. The van der Waals surface area contributed by atoms with Crippen molar-refractivity contribution in [1.82, 2.24) is 15.5 Å². The molecular weight excluding hydrogens is 242 g/mol. The van der Waals surface area contributed by atoms with Gasteiger partial charge in [0.2, 0.25) is 5.89 Å². The molecule has 2 aliphatic rings. The van der Waals surface area contributed by atoms with Gasteiger partial charge < -0.3 is 9.84 Å². The first-order valence-corrected chi connectivity index (χ1v) is 7.90. The van der Waals surface area contributed by atoms with Gasteiger partial charge in [0.1, 0.15) is 0 Å². The summed E-state index contributed by atoms with van der Waals surface area (Å²) in [6.07, 6.45) is 2.32. The molecule has 4 nitrogen and oxygen atoms in total. The third-order valence-corrected chi connectivity index (χ3v) is 5.67. The van der Waals surface area contributed by atoms with E-state index >= 15 is 0 Å². The quantitative estimate of drug-likeness (QED) is 0.874. The monoisotopic (exact) mass is 257 g/mol. The number of aromatic nitrogens is 2. The van der Waals surface area contributed by atoms with Crippen molar-refractivity contribution in [3.8, 4) is 0 Å². The average molecular weight is 257 g/mol. The Hall–Kier alpha value is -0.200. The second kappa shape index (κ2) is 4.98. The van der Waals surface area contributed by atoms with Crippen molar-refractivity contribution in [3.63, 3.8) is 0 Å². The molecule has 3 heterocycles. The van der Waals surface area contributed by atoms with Gasteiger partial charge in [-0.25, -0.2) is 0 Å². The summed E-state index contributed by atoms with van der Waals surface area (Å²) in [6, 6.07) is 0.294. The van der Waals surface area contributed by atoms with Crippen molar-refractivity contribution in [2.45, 2.75) is 24.1 Å². The van der Waals surface area contributed by atoms with Gasteiger partial charge in [-0.1, -0.05) is 5.16 Å². The van der Waals surface area contributed by atoms with E-state index in [4.69, 9.17) is 4.52 Å². The molecule has 3 rings (SSSR count). The minimum absolute atomic E-state index is 0.294. The van der Waals surface area contributed by atoms with Gasteiger partial charge in [-0.05, 0) is 19.4 Å². The van der Waals surface area contributed by atoms with Crippen LogP contribution in [0, 0.1) is 0 Å². The topological polar surface area (TPSA) is 51.0 Å². The molecule has 0 radical (unpaired) electrons. The molecule has 6 heteroatoms. The van der Waals surface area contributed by atoms with Crippen LogP contribution >= 0.6 is 23.5 Å². The Labute approximate surface area is 103 Å². The van der Waals surface area contributed by atoms with Crippen molar-refractivity contribution in [3.05, 3.63) is 11.7 Å². The van der Waals surface area contributed by atoms with Gasteiger partial charge in [0.25, 0.3) is 0 Å². The third kappa shape index (κ3) is 2.24. The van der Waals surface area contributed by atoms with Gasteiger partial charge >= 0.3 is 0 Å². The summed E-state index contributed by atoms with van der Waals surface area (Å²) in [5.74, 6) is 5.23. The van der Waals surface area contributed by atoms with E-state index in [1.54, 1.807) is 0 Å². The molecule has 1 aromatic heterocycles. The Balaban J connectivity index is 1.71. The smallest absolute Gasteiger partial charge is 0.243 e. The van der Waals surface area contributed by atoms with Crippen LogP contribution in [0.3, 0.4) is 0 Å². The van der Waals surface area contributed by atoms with E-state index in [2.05, 4.69) is 15.5 Å². The first kappa shape index (κ1) is 10.9. The van der Waals surface area contributed by atoms with Gasteiger partial charge in [-0.2, -0.15) is 16.7 Å². The fraction of sp³-hybridized carbons (Fsp3) is 0.800. The lowest BCUT2D eigenvalue weighted by Crippen LogP contribution is -2.13. The normalized spacial score (nSPS) is 30.8. The van der Waals surface area contributed by atoms with Crippen LogP contribution in [0.15, 0.2) is 4.52 Å². The van der Waals surface area contributed by atoms with Gasteiger partial charge in [0.15, 0.2) is 5.82 Å². The number of nitrogens with zero attached hydrogens (tertiary/aromatic N) is 2. The highest BCUT2D eigenvalue weighted by molar-refractivity contribution is 8.06. The molecular formula is C10H15N3OS2. The average Bonchev–Trinajstić information content (AvgIpc) is 3.01. The van der Waals surface area contributed by atoms with Gasteiger partial charge in [-0.3, -0.25) is 0 Å². The Bertz CT molecular complexity index is 346. The lowest BCUT2D eigenvalue weighted by molar-refractivity contribution is 0.341. The van der Waals surface area contributed by atoms with Crippen LogP contribution < -0.4 is 5.32 Å². The Morgan fingerprint density at radius 2 is 2.38 bits per heavy atom. The van der Waals surface area contributed by atoms with Crippen LogP contribution in [0.5, 0.6) is 0 Å². The maximum atomic E-state index is 5.36. The zero-order valence-corrected chi connectivity index (χ0v) is 10.6. The van der Waals surface area contributed by atoms with E-state index in [-0.39, 0.29) is 0 Å². The van der Waals surface area contributed by atoms with Crippen molar-refractivity contribution in [1.29, 1.82) is 0 Å². The summed E-state index contributed by atoms with van der Waals surface area (Å²) in [5, 5.41) is 7.93. The predicted molar refractivity (Wildman–Crippen MR) is 66.8 cm³/mol. The molecule has 1 aromatic rings. The van der Waals surface area contributed by atoms with Crippen LogP contribution in [0.4, 0.5) is 0 Å². The van der Waals surface area contributed by atoms with Crippen molar-refractivity contribution < 1.29 is 4.52 Å². The highest BCUT2D eigenvalue weighted by Crippen LogP contribution is 2.35. The highest BCUT2D eigenvalue weighted by Gasteiger charge is 2.26. The number of thioether (sulfide) groups is 2. The van der Waals surface area contributed by atoms with Crippen molar-refractivity contribution in [2.24, 2.45) is 0 Å². The van der Waals surface area contributed by atoms with Crippen molar-refractivity contribution in [2.75, 3.05) is 23.8 Å². The molecule has 2 aliphatic heterocycles. The molecule has 0 aliphatic carbocycles. The summed E-state index contributed by atoms with van der Waals surface area (Å²) < 4.78 is 5.36. The predicted octanol–water partition coefficient (Wildman–Crippen LogP) is 2.02. The van der Waals surface area contributed by atoms with Gasteiger partial charge in [0.05, 0.1) is 11.3 Å². The van der Waals surface area contributed by atoms with Gasteiger partial charge in [-0.15, -0.1) is 11.8 Å². The molecule has 2 saturated heterocycles. The molecule has 1 N–H and O–H groups in total. The van der Waals surface area contributed by atoms with Crippen LogP contribution in [0.25, 0.3) is 0 Å². The second-order valence-corrected chi connectivity index (χ2v) is 6.53. The largest absolute Gasteiger partial charge is 0.338 e. The fourth-order valence-electron chi connectivity index (χ4n) is 2.05. The summed E-state index contributed by atoms with van der Waals surface area (Å²) in [4.78, 5) is 4.54. The molecule has 0 aromatic carbocycles. The lowest BCUT2D eigenvalue weighted by Gasteiger charge is -2.17. The minimum Gasteiger partial charge on any atom is -0.338 e. The highest BCUT2D eigenvalue weighted by atomic mass is 32.2. The van der Waals surface area contributed by atoms with Crippen LogP contribution in [0.1, 0.15) is 35.8 Å². The van der Waals surface area contributed by atoms with E-state index in [1.807, 2.05) is 23.5 Å². The molecule has 2 fully saturated rings. The number of hydrogen-bond acceptors (Lipinski definition) is 6. The van der Waals surface area contributed by atoms with Gasteiger partial charge in [0, 0.05) is 17.3 Å².